The third-order valence-electron chi connectivity index (χ3n) is 2.24. The molecule has 0 atom stereocenters. The van der Waals surface area contributed by atoms with E-state index >= 15 is 0 Å². The molecule has 0 bridgehead atoms. The third-order valence-corrected chi connectivity index (χ3v) is 2.24. The number of rotatable bonds is 4. The molecule has 0 heterocycles. The molecule has 1 rings (SSSR count). The molecule has 16 heavy (non-hydrogen) atoms. The lowest BCUT2D eigenvalue weighted by molar-refractivity contribution is 0.0594. The van der Waals surface area contributed by atoms with Crippen LogP contribution in [0.15, 0.2) is 18.2 Å². The second-order valence-corrected chi connectivity index (χ2v) is 3.81. The van der Waals surface area contributed by atoms with Crippen LogP contribution in [0.2, 0.25) is 0 Å². The van der Waals surface area contributed by atoms with E-state index in [1.807, 2.05) is 32.9 Å². The van der Waals surface area contributed by atoms with E-state index in [9.17, 15) is 4.79 Å². The summed E-state index contributed by atoms with van der Waals surface area (Å²) in [6.07, 6.45) is 0.864. The van der Waals surface area contributed by atoms with Gasteiger partial charge in [-0.1, -0.05) is 19.1 Å². The number of benzene rings is 1. The maximum atomic E-state index is 11.6. The van der Waals surface area contributed by atoms with Crippen LogP contribution < -0.4 is 4.74 Å². The predicted molar refractivity (Wildman–Crippen MR) is 62.9 cm³/mol. The van der Waals surface area contributed by atoms with Crippen LogP contribution in [-0.2, 0) is 11.2 Å². The van der Waals surface area contributed by atoms with E-state index in [0.717, 1.165) is 12.0 Å². The Bertz CT molecular complexity index is 369. The van der Waals surface area contributed by atoms with Gasteiger partial charge in [-0.2, -0.15) is 0 Å². The number of para-hydroxylation sites is 1. The maximum Gasteiger partial charge on any atom is 0.341 e. The number of hydrogen-bond donors (Lipinski definition) is 0. The van der Waals surface area contributed by atoms with E-state index in [2.05, 4.69) is 0 Å². The number of aryl methyl sites for hydroxylation is 1. The molecule has 88 valence electrons. The fraction of sp³-hybridized carbons (Fsp3) is 0.462. The third kappa shape index (κ3) is 2.75. The van der Waals surface area contributed by atoms with Crippen LogP contribution in [0.25, 0.3) is 0 Å². The van der Waals surface area contributed by atoms with Crippen molar-refractivity contribution in [1.82, 2.24) is 0 Å². The normalized spacial score (nSPS) is 10.3. The van der Waals surface area contributed by atoms with Crippen LogP contribution in [0.5, 0.6) is 5.75 Å². The van der Waals surface area contributed by atoms with Crippen molar-refractivity contribution in [3.8, 4) is 5.75 Å². The average molecular weight is 222 g/mol. The van der Waals surface area contributed by atoms with Gasteiger partial charge in [0.1, 0.15) is 11.3 Å². The quantitative estimate of drug-likeness (QED) is 0.735. The van der Waals surface area contributed by atoms with Crippen LogP contribution in [0, 0.1) is 0 Å². The fourth-order valence-electron chi connectivity index (χ4n) is 1.51. The van der Waals surface area contributed by atoms with Gasteiger partial charge in [0, 0.05) is 0 Å². The van der Waals surface area contributed by atoms with E-state index in [1.165, 1.54) is 7.11 Å². The van der Waals surface area contributed by atoms with Crippen LogP contribution in [0.4, 0.5) is 0 Å². The summed E-state index contributed by atoms with van der Waals surface area (Å²) < 4.78 is 10.4. The molecule has 0 saturated heterocycles. The molecule has 0 spiro atoms. The van der Waals surface area contributed by atoms with Gasteiger partial charge in [-0.3, -0.25) is 0 Å². The summed E-state index contributed by atoms with van der Waals surface area (Å²) in [5, 5.41) is 0. The van der Waals surface area contributed by atoms with Crippen molar-refractivity contribution in [2.75, 3.05) is 7.11 Å². The van der Waals surface area contributed by atoms with E-state index in [-0.39, 0.29) is 12.1 Å². The summed E-state index contributed by atoms with van der Waals surface area (Å²) in [7, 11) is 1.38. The molecule has 0 aliphatic heterocycles. The van der Waals surface area contributed by atoms with Gasteiger partial charge in [-0.05, 0) is 31.9 Å². The zero-order valence-corrected chi connectivity index (χ0v) is 10.2. The minimum atomic E-state index is -0.356. The molecule has 0 fully saturated rings. The molecule has 1 aromatic carbocycles. The Balaban J connectivity index is 3.20. The molecular weight excluding hydrogens is 204 g/mol. The molecule has 0 radical (unpaired) electrons. The van der Waals surface area contributed by atoms with Crippen molar-refractivity contribution < 1.29 is 14.3 Å². The first-order valence-electron chi connectivity index (χ1n) is 5.47. The smallest absolute Gasteiger partial charge is 0.341 e. The first-order valence-corrected chi connectivity index (χ1v) is 5.47. The molecule has 1 aromatic rings. The topological polar surface area (TPSA) is 35.5 Å². The van der Waals surface area contributed by atoms with Gasteiger partial charge in [-0.25, -0.2) is 4.79 Å². The molecule has 0 aliphatic rings. The maximum absolute atomic E-state index is 11.6. The van der Waals surface area contributed by atoms with Crippen LogP contribution in [-0.4, -0.2) is 19.2 Å². The summed E-state index contributed by atoms with van der Waals surface area (Å²) in [6.45, 7) is 5.91. The van der Waals surface area contributed by atoms with E-state index in [4.69, 9.17) is 9.47 Å². The van der Waals surface area contributed by atoms with E-state index < -0.39 is 0 Å². The van der Waals surface area contributed by atoms with Crippen LogP contribution >= 0.6 is 0 Å². The van der Waals surface area contributed by atoms with Crippen molar-refractivity contribution in [3.05, 3.63) is 29.3 Å². The minimum absolute atomic E-state index is 0.0381. The Morgan fingerprint density at radius 3 is 2.56 bits per heavy atom. The van der Waals surface area contributed by atoms with Crippen molar-refractivity contribution in [2.24, 2.45) is 0 Å². The van der Waals surface area contributed by atoms with Gasteiger partial charge in [0.15, 0.2) is 0 Å². The SMILES string of the molecule is CCc1cccc(C(=O)OC)c1OC(C)C. The molecule has 0 unspecified atom stereocenters. The van der Waals surface area contributed by atoms with Gasteiger partial charge < -0.3 is 9.47 Å². The van der Waals surface area contributed by atoms with Crippen LogP contribution in [0.3, 0.4) is 0 Å². The van der Waals surface area contributed by atoms with Gasteiger partial charge in [0.05, 0.1) is 13.2 Å². The van der Waals surface area contributed by atoms with Gasteiger partial charge in [-0.15, -0.1) is 0 Å². The molecule has 3 heteroatoms. The molecule has 0 saturated carbocycles. The summed E-state index contributed by atoms with van der Waals surface area (Å²) in [5.74, 6) is 0.290. The van der Waals surface area contributed by atoms with Crippen molar-refractivity contribution in [2.45, 2.75) is 33.3 Å². The molecule has 0 aromatic heterocycles. The van der Waals surface area contributed by atoms with Crippen molar-refractivity contribution >= 4 is 5.97 Å². The summed E-state index contributed by atoms with van der Waals surface area (Å²) in [4.78, 5) is 11.6. The zero-order valence-electron chi connectivity index (χ0n) is 10.2. The second-order valence-electron chi connectivity index (χ2n) is 3.81. The lowest BCUT2D eigenvalue weighted by Crippen LogP contribution is -2.12. The standard InChI is InChI=1S/C13H18O3/c1-5-10-7-6-8-11(13(14)15-4)12(10)16-9(2)3/h6-9H,5H2,1-4H3. The second kappa shape index (κ2) is 5.54. The zero-order chi connectivity index (χ0) is 12.1. The Morgan fingerprint density at radius 2 is 2.06 bits per heavy atom. The molecule has 0 N–H and O–H groups in total. The van der Waals surface area contributed by atoms with Gasteiger partial charge in [0.25, 0.3) is 0 Å². The number of carbonyl (C=O) groups excluding carboxylic acids is 1. The highest BCUT2D eigenvalue weighted by atomic mass is 16.5. The lowest BCUT2D eigenvalue weighted by atomic mass is 10.1. The largest absolute Gasteiger partial charge is 0.490 e. The Hall–Kier alpha value is -1.51. The summed E-state index contributed by atoms with van der Waals surface area (Å²) >= 11 is 0. The highest BCUT2D eigenvalue weighted by molar-refractivity contribution is 5.93. The molecule has 0 amide bonds. The first kappa shape index (κ1) is 12.6. The number of carbonyl (C=O) groups is 1. The summed E-state index contributed by atoms with van der Waals surface area (Å²) in [6, 6.07) is 5.53. The van der Waals surface area contributed by atoms with Crippen molar-refractivity contribution in [1.29, 1.82) is 0 Å². The van der Waals surface area contributed by atoms with Crippen LogP contribution in [0.1, 0.15) is 36.7 Å². The Labute approximate surface area is 96.4 Å². The Morgan fingerprint density at radius 1 is 1.38 bits per heavy atom. The number of methoxy groups -OCH3 is 1. The highest BCUT2D eigenvalue weighted by Crippen LogP contribution is 2.26. The lowest BCUT2D eigenvalue weighted by Gasteiger charge is -2.16. The average Bonchev–Trinajstić information content (AvgIpc) is 2.27. The summed E-state index contributed by atoms with van der Waals surface area (Å²) in [5.41, 5.74) is 1.52. The number of esters is 1. The predicted octanol–water partition coefficient (Wildman–Crippen LogP) is 2.82. The first-order chi connectivity index (χ1) is 7.60. The van der Waals surface area contributed by atoms with Crippen molar-refractivity contribution in [3.63, 3.8) is 0 Å². The van der Waals surface area contributed by atoms with E-state index in [1.54, 1.807) is 6.07 Å². The van der Waals surface area contributed by atoms with E-state index in [0.29, 0.717) is 11.3 Å². The highest BCUT2D eigenvalue weighted by Gasteiger charge is 2.16. The number of ether oxygens (including phenoxy) is 2. The molecule has 3 nitrogen and oxygen atoms in total. The fourth-order valence-corrected chi connectivity index (χ4v) is 1.51. The molecule has 0 aliphatic carbocycles. The van der Waals surface area contributed by atoms with Gasteiger partial charge >= 0.3 is 5.97 Å². The monoisotopic (exact) mass is 222 g/mol. The number of hydrogen-bond acceptors (Lipinski definition) is 3. The minimum Gasteiger partial charge on any atom is -0.490 e. The Kier molecular flexibility index (Phi) is 4.35. The molecular formula is C13H18O3. The van der Waals surface area contributed by atoms with Gasteiger partial charge in [0.2, 0.25) is 0 Å².